The quantitative estimate of drug-likeness (QED) is 0.340. The molecule has 1 aromatic carbocycles. The van der Waals surface area contributed by atoms with Crippen LogP contribution in [0.2, 0.25) is 0 Å². The normalized spacial score (nSPS) is 17.4. The second kappa shape index (κ2) is 13.0. The van der Waals surface area contributed by atoms with Gasteiger partial charge in [0.15, 0.2) is 0 Å². The Balaban J connectivity index is 2.14. The van der Waals surface area contributed by atoms with Crippen molar-refractivity contribution in [1.82, 2.24) is 0 Å². The Kier molecular flexibility index (Phi) is 11.4. The summed E-state index contributed by atoms with van der Waals surface area (Å²) in [5, 5.41) is 10.8. The van der Waals surface area contributed by atoms with Crippen molar-refractivity contribution in [3.8, 4) is 0 Å². The van der Waals surface area contributed by atoms with E-state index in [-0.39, 0.29) is 21.1 Å². The summed E-state index contributed by atoms with van der Waals surface area (Å²) in [5.74, 6) is 4.20. The number of hydrogen-bond donors (Lipinski definition) is 1. The molecule has 0 bridgehead atoms. The van der Waals surface area contributed by atoms with E-state index in [4.69, 9.17) is 0 Å². The van der Waals surface area contributed by atoms with E-state index < -0.39 is 0 Å². The fourth-order valence-corrected chi connectivity index (χ4v) is 9.73. The molecule has 0 amide bonds. The molecule has 0 saturated carbocycles. The maximum absolute atomic E-state index is 10.8. The van der Waals surface area contributed by atoms with Gasteiger partial charge in [0.1, 0.15) is 0 Å². The van der Waals surface area contributed by atoms with E-state index in [1.165, 1.54) is 39.1 Å². The molecular weight excluding hydrogens is 471 g/mol. The third kappa shape index (κ3) is 7.93. The standard InChI is InChI=1S/C26H42OS2Se/c1-8-22(16-21(27)10-11-25-28-12-9-13-29-25)30-26-23(18(4)5)14-20(17(2)3)15-24(26)19(6)7/h8,14-15,17-19,21,25,27H,9-13,16H2,1-7H3/b22-8-. The van der Waals surface area contributed by atoms with Crippen LogP contribution in [-0.2, 0) is 0 Å². The van der Waals surface area contributed by atoms with Crippen molar-refractivity contribution in [3.63, 3.8) is 0 Å². The van der Waals surface area contributed by atoms with E-state index >= 15 is 0 Å². The topological polar surface area (TPSA) is 20.2 Å². The van der Waals surface area contributed by atoms with Crippen LogP contribution in [0.3, 0.4) is 0 Å². The van der Waals surface area contributed by atoms with Gasteiger partial charge in [0.2, 0.25) is 0 Å². The molecule has 1 atom stereocenters. The summed E-state index contributed by atoms with van der Waals surface area (Å²) in [6.45, 7) is 16.1. The van der Waals surface area contributed by atoms with Gasteiger partial charge in [0.25, 0.3) is 0 Å². The predicted molar refractivity (Wildman–Crippen MR) is 141 cm³/mol. The first kappa shape index (κ1) is 26.4. The Bertz CT molecular complexity index is 661. The third-order valence-corrected chi connectivity index (χ3v) is 11.6. The average Bonchev–Trinajstić information content (AvgIpc) is 2.71. The van der Waals surface area contributed by atoms with Gasteiger partial charge in [-0.1, -0.05) is 0 Å². The molecule has 1 aliphatic heterocycles. The molecule has 2 rings (SSSR count). The van der Waals surface area contributed by atoms with E-state index in [0.29, 0.717) is 22.3 Å². The van der Waals surface area contributed by atoms with Crippen molar-refractivity contribution >= 4 is 42.9 Å². The molecule has 1 nitrogen and oxygen atoms in total. The van der Waals surface area contributed by atoms with Crippen LogP contribution < -0.4 is 4.46 Å². The monoisotopic (exact) mass is 514 g/mol. The van der Waals surface area contributed by atoms with Crippen LogP contribution in [-0.4, -0.2) is 42.3 Å². The minimum atomic E-state index is -0.207. The van der Waals surface area contributed by atoms with E-state index in [1.54, 1.807) is 4.46 Å². The summed E-state index contributed by atoms with van der Waals surface area (Å²) in [4.78, 5) is 0. The Morgan fingerprint density at radius 2 is 1.60 bits per heavy atom. The molecule has 1 unspecified atom stereocenters. The summed E-state index contributed by atoms with van der Waals surface area (Å²) in [6, 6.07) is 4.92. The number of aliphatic hydroxyl groups excluding tert-OH is 1. The molecular formula is C26H42OS2Se. The molecule has 1 heterocycles. The molecule has 1 saturated heterocycles. The fourth-order valence-electron chi connectivity index (χ4n) is 3.72. The molecule has 0 radical (unpaired) electrons. The van der Waals surface area contributed by atoms with E-state index in [2.05, 4.69) is 90.2 Å². The first-order chi connectivity index (χ1) is 14.2. The van der Waals surface area contributed by atoms with Crippen molar-refractivity contribution in [1.29, 1.82) is 0 Å². The summed E-state index contributed by atoms with van der Waals surface area (Å²) in [6.07, 6.45) is 6.31. The summed E-state index contributed by atoms with van der Waals surface area (Å²) >= 11 is 4.45. The molecule has 30 heavy (non-hydrogen) atoms. The van der Waals surface area contributed by atoms with E-state index in [0.717, 1.165) is 19.3 Å². The van der Waals surface area contributed by atoms with Gasteiger partial charge in [-0.2, -0.15) is 0 Å². The van der Waals surface area contributed by atoms with Crippen LogP contribution in [0.4, 0.5) is 0 Å². The van der Waals surface area contributed by atoms with Crippen molar-refractivity contribution in [2.75, 3.05) is 11.5 Å². The number of allylic oxidation sites excluding steroid dienone is 1. The Hall–Kier alpha value is 0.139. The zero-order valence-electron chi connectivity index (χ0n) is 20.0. The van der Waals surface area contributed by atoms with Crippen molar-refractivity contribution in [2.24, 2.45) is 0 Å². The average molecular weight is 514 g/mol. The maximum atomic E-state index is 10.8. The van der Waals surface area contributed by atoms with Gasteiger partial charge in [-0.3, -0.25) is 0 Å². The molecule has 1 aliphatic rings. The van der Waals surface area contributed by atoms with Gasteiger partial charge in [-0.05, 0) is 0 Å². The van der Waals surface area contributed by atoms with Gasteiger partial charge in [-0.25, -0.2) is 0 Å². The van der Waals surface area contributed by atoms with Gasteiger partial charge in [-0.15, -0.1) is 0 Å². The van der Waals surface area contributed by atoms with Crippen LogP contribution >= 0.6 is 23.5 Å². The van der Waals surface area contributed by atoms with Crippen molar-refractivity contribution in [2.45, 2.75) is 103 Å². The van der Waals surface area contributed by atoms with Crippen molar-refractivity contribution < 1.29 is 5.11 Å². The van der Waals surface area contributed by atoms with Gasteiger partial charge in [0, 0.05) is 0 Å². The third-order valence-electron chi connectivity index (χ3n) is 5.70. The SMILES string of the molecule is C/C=C(/CC(O)CCC1SCCCS1)[Se]c1c(C(C)C)cc(C(C)C)cc1C(C)C. The van der Waals surface area contributed by atoms with Gasteiger partial charge < -0.3 is 0 Å². The number of benzene rings is 1. The summed E-state index contributed by atoms with van der Waals surface area (Å²) in [7, 11) is 0. The number of rotatable bonds is 10. The molecule has 1 fully saturated rings. The van der Waals surface area contributed by atoms with Crippen LogP contribution in [0.15, 0.2) is 22.7 Å². The zero-order valence-corrected chi connectivity index (χ0v) is 23.4. The number of aliphatic hydroxyl groups is 1. The van der Waals surface area contributed by atoms with Crippen LogP contribution in [0.1, 0.15) is 109 Å². The first-order valence-electron chi connectivity index (χ1n) is 11.6. The second-order valence-corrected chi connectivity index (χ2v) is 14.6. The van der Waals surface area contributed by atoms with Gasteiger partial charge >= 0.3 is 202 Å². The summed E-state index contributed by atoms with van der Waals surface area (Å²) < 4.78 is 3.70. The van der Waals surface area contributed by atoms with Crippen LogP contribution in [0.5, 0.6) is 0 Å². The minimum absolute atomic E-state index is 0.207. The van der Waals surface area contributed by atoms with E-state index in [1.807, 2.05) is 0 Å². The molecule has 4 heteroatoms. The number of hydrogen-bond acceptors (Lipinski definition) is 3. The molecule has 0 aromatic heterocycles. The molecule has 1 N–H and O–H groups in total. The molecule has 170 valence electrons. The van der Waals surface area contributed by atoms with Crippen LogP contribution in [0.25, 0.3) is 0 Å². The predicted octanol–water partition coefficient (Wildman–Crippen LogP) is 7.02. The van der Waals surface area contributed by atoms with E-state index in [9.17, 15) is 5.11 Å². The molecule has 0 aliphatic carbocycles. The molecule has 0 spiro atoms. The number of thioether (sulfide) groups is 2. The second-order valence-electron chi connectivity index (χ2n) is 9.31. The molecule has 1 aromatic rings. The zero-order chi connectivity index (χ0) is 22.3. The van der Waals surface area contributed by atoms with Gasteiger partial charge in [0.05, 0.1) is 0 Å². The Morgan fingerprint density at radius 3 is 2.07 bits per heavy atom. The van der Waals surface area contributed by atoms with Crippen LogP contribution in [0, 0.1) is 0 Å². The Morgan fingerprint density at radius 1 is 1.03 bits per heavy atom. The first-order valence-corrected chi connectivity index (χ1v) is 15.5. The summed E-state index contributed by atoms with van der Waals surface area (Å²) in [5.41, 5.74) is 4.51. The van der Waals surface area contributed by atoms with Crippen molar-refractivity contribution in [3.05, 3.63) is 39.4 Å². The fraction of sp³-hybridized carbons (Fsp3) is 0.692. The Labute approximate surface area is 200 Å².